The maximum Gasteiger partial charge on any atom is 0.269 e. The van der Waals surface area contributed by atoms with E-state index in [1.807, 2.05) is 27.7 Å². The molecule has 0 aliphatic carbocycles. The van der Waals surface area contributed by atoms with Gasteiger partial charge in [-0.05, 0) is 47.2 Å². The van der Waals surface area contributed by atoms with E-state index in [0.717, 1.165) is 12.1 Å². The lowest BCUT2D eigenvalue weighted by atomic mass is 9.93. The van der Waals surface area contributed by atoms with Gasteiger partial charge in [-0.1, -0.05) is 27.7 Å². The number of non-ortho nitro benzene ring substituents is 1. The molecular weight excluding hydrogens is 356 g/mol. The zero-order chi connectivity index (χ0) is 19.6. The van der Waals surface area contributed by atoms with Crippen molar-refractivity contribution in [1.82, 2.24) is 0 Å². The van der Waals surface area contributed by atoms with Crippen LogP contribution in [-0.4, -0.2) is 18.4 Å². The normalized spacial score (nSPS) is 11.8. The smallest absolute Gasteiger partial charge is 0.269 e. The Morgan fingerprint density at radius 2 is 1.46 bits per heavy atom. The standard InChI is InChI=1S/C18H22N2O5S/c1-11(2)16-9-13(10-17(12(3)4)18(16)21)19-26(24,25)15-7-5-14(6-8-15)20(22)23/h5-12,19,21H,1-4H3. The van der Waals surface area contributed by atoms with E-state index in [1.54, 1.807) is 12.1 Å². The van der Waals surface area contributed by atoms with Crippen molar-refractivity contribution in [3.63, 3.8) is 0 Å². The number of phenolic OH excluding ortho intramolecular Hbond substituents is 1. The number of sulfonamides is 1. The Morgan fingerprint density at radius 3 is 1.85 bits per heavy atom. The lowest BCUT2D eigenvalue weighted by Gasteiger charge is -2.18. The molecule has 2 aromatic carbocycles. The van der Waals surface area contributed by atoms with Crippen LogP contribution in [0.4, 0.5) is 11.4 Å². The van der Waals surface area contributed by atoms with Crippen LogP contribution in [0.5, 0.6) is 5.75 Å². The summed E-state index contributed by atoms with van der Waals surface area (Å²) in [4.78, 5) is 10.0. The second kappa shape index (κ2) is 7.33. The zero-order valence-corrected chi connectivity index (χ0v) is 15.9. The maximum atomic E-state index is 12.6. The summed E-state index contributed by atoms with van der Waals surface area (Å²) in [6, 6.07) is 7.87. The van der Waals surface area contributed by atoms with Crippen LogP contribution in [-0.2, 0) is 10.0 Å². The minimum Gasteiger partial charge on any atom is -0.507 e. The molecule has 2 rings (SSSR count). The number of aromatic hydroxyl groups is 1. The van der Waals surface area contributed by atoms with Crippen molar-refractivity contribution in [1.29, 1.82) is 0 Å². The highest BCUT2D eigenvalue weighted by Gasteiger charge is 2.20. The highest BCUT2D eigenvalue weighted by Crippen LogP contribution is 2.37. The minimum atomic E-state index is -3.91. The molecule has 0 fully saturated rings. The number of rotatable bonds is 6. The quantitative estimate of drug-likeness (QED) is 0.441. The number of phenols is 1. The molecule has 0 aliphatic rings. The van der Waals surface area contributed by atoms with Crippen molar-refractivity contribution < 1.29 is 18.4 Å². The first-order valence-corrected chi connectivity index (χ1v) is 9.65. The molecule has 0 amide bonds. The Balaban J connectivity index is 2.44. The third kappa shape index (κ3) is 4.13. The Hall–Kier alpha value is -2.61. The molecule has 140 valence electrons. The molecule has 0 radical (unpaired) electrons. The van der Waals surface area contributed by atoms with Gasteiger partial charge in [0.2, 0.25) is 0 Å². The Bertz CT molecular complexity index is 890. The van der Waals surface area contributed by atoms with Crippen LogP contribution in [0.25, 0.3) is 0 Å². The third-order valence-corrected chi connectivity index (χ3v) is 5.42. The van der Waals surface area contributed by atoms with Gasteiger partial charge < -0.3 is 5.11 Å². The number of benzene rings is 2. The van der Waals surface area contributed by atoms with Gasteiger partial charge in [0.15, 0.2) is 0 Å². The summed E-state index contributed by atoms with van der Waals surface area (Å²) < 4.78 is 27.7. The molecule has 0 unspecified atom stereocenters. The number of hydrogen-bond acceptors (Lipinski definition) is 5. The average Bonchev–Trinajstić information content (AvgIpc) is 2.55. The molecule has 2 N–H and O–H groups in total. The number of nitro groups is 1. The van der Waals surface area contributed by atoms with Gasteiger partial charge in [0, 0.05) is 17.8 Å². The van der Waals surface area contributed by atoms with Crippen LogP contribution >= 0.6 is 0 Å². The molecule has 0 spiro atoms. The monoisotopic (exact) mass is 378 g/mol. The van der Waals surface area contributed by atoms with E-state index in [0.29, 0.717) is 16.8 Å². The Morgan fingerprint density at radius 1 is 1.00 bits per heavy atom. The van der Waals surface area contributed by atoms with Gasteiger partial charge >= 0.3 is 0 Å². The first-order valence-electron chi connectivity index (χ1n) is 8.17. The summed E-state index contributed by atoms with van der Waals surface area (Å²) in [6.45, 7) is 7.64. The fraction of sp³-hybridized carbons (Fsp3) is 0.333. The molecule has 0 atom stereocenters. The second-order valence-corrected chi connectivity index (χ2v) is 8.35. The van der Waals surface area contributed by atoms with Crippen molar-refractivity contribution in [2.45, 2.75) is 44.4 Å². The molecule has 26 heavy (non-hydrogen) atoms. The van der Waals surface area contributed by atoms with Crippen molar-refractivity contribution in [2.75, 3.05) is 4.72 Å². The van der Waals surface area contributed by atoms with E-state index < -0.39 is 14.9 Å². The fourth-order valence-electron chi connectivity index (χ4n) is 2.58. The van der Waals surface area contributed by atoms with Crippen LogP contribution < -0.4 is 4.72 Å². The van der Waals surface area contributed by atoms with Crippen LogP contribution in [0.1, 0.15) is 50.7 Å². The number of anilines is 1. The largest absolute Gasteiger partial charge is 0.507 e. The molecule has 7 nitrogen and oxygen atoms in total. The molecule has 0 aliphatic heterocycles. The molecule has 8 heteroatoms. The van der Waals surface area contributed by atoms with Crippen LogP contribution in [0, 0.1) is 10.1 Å². The lowest BCUT2D eigenvalue weighted by Crippen LogP contribution is -2.13. The minimum absolute atomic E-state index is 0.0105. The summed E-state index contributed by atoms with van der Waals surface area (Å²) in [5.41, 5.74) is 1.46. The van der Waals surface area contributed by atoms with Gasteiger partial charge in [0.1, 0.15) is 5.75 Å². The van der Waals surface area contributed by atoms with E-state index in [9.17, 15) is 23.6 Å². The van der Waals surface area contributed by atoms with Crippen LogP contribution in [0.15, 0.2) is 41.3 Å². The highest BCUT2D eigenvalue weighted by atomic mass is 32.2. The summed E-state index contributed by atoms with van der Waals surface area (Å²) in [7, 11) is -3.91. The van der Waals surface area contributed by atoms with E-state index in [4.69, 9.17) is 0 Å². The molecule has 0 saturated carbocycles. The Kier molecular flexibility index (Phi) is 5.56. The SMILES string of the molecule is CC(C)c1cc(NS(=O)(=O)c2ccc([N+](=O)[O-])cc2)cc(C(C)C)c1O. The summed E-state index contributed by atoms with van der Waals surface area (Å²) in [5, 5.41) is 21.1. The van der Waals surface area contributed by atoms with E-state index >= 15 is 0 Å². The molecule has 0 saturated heterocycles. The predicted octanol–water partition coefficient (Wildman–Crippen LogP) is 4.35. The van der Waals surface area contributed by atoms with Crippen LogP contribution in [0.3, 0.4) is 0 Å². The lowest BCUT2D eigenvalue weighted by molar-refractivity contribution is -0.384. The first kappa shape index (κ1) is 19.7. The molecular formula is C18H22N2O5S. The molecule has 0 bridgehead atoms. The van der Waals surface area contributed by atoms with Crippen molar-refractivity contribution in [3.8, 4) is 5.75 Å². The Labute approximate surface area is 152 Å². The van der Waals surface area contributed by atoms with E-state index in [-0.39, 0.29) is 28.2 Å². The number of nitro benzene ring substituents is 1. The fourth-order valence-corrected chi connectivity index (χ4v) is 3.62. The van der Waals surface area contributed by atoms with Gasteiger partial charge in [-0.2, -0.15) is 0 Å². The number of nitrogens with zero attached hydrogens (tertiary/aromatic N) is 1. The van der Waals surface area contributed by atoms with Gasteiger partial charge in [-0.15, -0.1) is 0 Å². The highest BCUT2D eigenvalue weighted by molar-refractivity contribution is 7.92. The molecule has 0 heterocycles. The topological polar surface area (TPSA) is 110 Å². The van der Waals surface area contributed by atoms with Gasteiger partial charge in [0.05, 0.1) is 9.82 Å². The van der Waals surface area contributed by atoms with E-state index in [2.05, 4.69) is 4.72 Å². The molecule has 2 aromatic rings. The number of hydrogen-bond donors (Lipinski definition) is 2. The molecule has 0 aromatic heterocycles. The van der Waals surface area contributed by atoms with Crippen molar-refractivity contribution >= 4 is 21.4 Å². The first-order chi connectivity index (χ1) is 12.0. The second-order valence-electron chi connectivity index (χ2n) is 6.67. The van der Waals surface area contributed by atoms with Crippen molar-refractivity contribution in [2.24, 2.45) is 0 Å². The van der Waals surface area contributed by atoms with E-state index in [1.165, 1.54) is 12.1 Å². The van der Waals surface area contributed by atoms with Gasteiger partial charge in [0.25, 0.3) is 15.7 Å². The average molecular weight is 378 g/mol. The summed E-state index contributed by atoms with van der Waals surface area (Å²) >= 11 is 0. The van der Waals surface area contributed by atoms with Crippen LogP contribution in [0.2, 0.25) is 0 Å². The predicted molar refractivity (Wildman–Crippen MR) is 100 cm³/mol. The third-order valence-electron chi connectivity index (χ3n) is 4.02. The number of nitrogens with one attached hydrogen (secondary N) is 1. The van der Waals surface area contributed by atoms with Gasteiger partial charge in [-0.3, -0.25) is 14.8 Å². The maximum absolute atomic E-state index is 12.6. The summed E-state index contributed by atoms with van der Waals surface area (Å²) in [6.07, 6.45) is 0. The van der Waals surface area contributed by atoms with Gasteiger partial charge in [-0.25, -0.2) is 8.42 Å². The van der Waals surface area contributed by atoms with Crippen molar-refractivity contribution in [3.05, 3.63) is 57.6 Å². The zero-order valence-electron chi connectivity index (χ0n) is 15.1. The summed E-state index contributed by atoms with van der Waals surface area (Å²) in [5.74, 6) is 0.195.